The van der Waals surface area contributed by atoms with Gasteiger partial charge in [0.05, 0.1) is 19.8 Å². The van der Waals surface area contributed by atoms with Crippen molar-refractivity contribution in [3.05, 3.63) is 29.3 Å². The molecule has 1 aliphatic carbocycles. The summed E-state index contributed by atoms with van der Waals surface area (Å²) in [6, 6.07) is 6.79. The van der Waals surface area contributed by atoms with Crippen molar-refractivity contribution in [2.75, 3.05) is 13.7 Å². The molecule has 1 atom stereocenters. The molecule has 18 heavy (non-hydrogen) atoms. The SMILES string of the molecule is COc1ccc(C(C)C)cc1C(CO)NC1CC1. The number of hydrogen-bond donors (Lipinski definition) is 2. The molecule has 1 aliphatic rings. The number of methoxy groups -OCH3 is 1. The minimum atomic E-state index is -0.0221. The fraction of sp³-hybridized carbons (Fsp3) is 0.600. The molecule has 0 saturated heterocycles. The molecule has 1 aromatic rings. The van der Waals surface area contributed by atoms with Gasteiger partial charge in [-0.2, -0.15) is 0 Å². The van der Waals surface area contributed by atoms with E-state index in [-0.39, 0.29) is 12.6 Å². The van der Waals surface area contributed by atoms with E-state index in [1.165, 1.54) is 18.4 Å². The minimum absolute atomic E-state index is 0.0221. The summed E-state index contributed by atoms with van der Waals surface area (Å²) in [5.41, 5.74) is 2.35. The molecule has 0 amide bonds. The Labute approximate surface area is 109 Å². The van der Waals surface area contributed by atoms with Gasteiger partial charge in [-0.25, -0.2) is 0 Å². The van der Waals surface area contributed by atoms with Gasteiger partial charge in [0, 0.05) is 11.6 Å². The van der Waals surface area contributed by atoms with Crippen LogP contribution in [0, 0.1) is 0 Å². The molecule has 100 valence electrons. The Morgan fingerprint density at radius 1 is 1.39 bits per heavy atom. The lowest BCUT2D eigenvalue weighted by Gasteiger charge is -2.21. The van der Waals surface area contributed by atoms with Crippen LogP contribution in [0.5, 0.6) is 5.75 Å². The summed E-state index contributed by atoms with van der Waals surface area (Å²) in [5.74, 6) is 1.33. The molecule has 1 saturated carbocycles. The predicted molar refractivity (Wildman–Crippen MR) is 73.1 cm³/mol. The average molecular weight is 249 g/mol. The minimum Gasteiger partial charge on any atom is -0.496 e. The van der Waals surface area contributed by atoms with Crippen LogP contribution < -0.4 is 10.1 Å². The standard InChI is InChI=1S/C15H23NO2/c1-10(2)11-4-7-15(18-3)13(8-11)14(9-17)16-12-5-6-12/h4,7-8,10,12,14,16-17H,5-6,9H2,1-3H3. The van der Waals surface area contributed by atoms with Crippen molar-refractivity contribution in [2.45, 2.75) is 44.7 Å². The second-order valence-corrected chi connectivity index (χ2v) is 5.33. The van der Waals surface area contributed by atoms with E-state index in [1.807, 2.05) is 6.07 Å². The fourth-order valence-corrected chi connectivity index (χ4v) is 2.16. The molecule has 0 radical (unpaired) electrons. The summed E-state index contributed by atoms with van der Waals surface area (Å²) >= 11 is 0. The molecule has 1 unspecified atom stereocenters. The highest BCUT2D eigenvalue weighted by molar-refractivity contribution is 5.40. The summed E-state index contributed by atoms with van der Waals surface area (Å²) < 4.78 is 5.41. The third kappa shape index (κ3) is 3.03. The van der Waals surface area contributed by atoms with Gasteiger partial charge in [-0.15, -0.1) is 0 Å². The van der Waals surface area contributed by atoms with Crippen molar-refractivity contribution in [1.29, 1.82) is 0 Å². The maximum Gasteiger partial charge on any atom is 0.123 e. The molecule has 0 aromatic heterocycles. The van der Waals surface area contributed by atoms with Gasteiger partial charge in [0.1, 0.15) is 5.75 Å². The molecule has 1 fully saturated rings. The van der Waals surface area contributed by atoms with Crippen LogP contribution in [0.3, 0.4) is 0 Å². The third-order valence-corrected chi connectivity index (χ3v) is 3.49. The van der Waals surface area contributed by atoms with Crippen molar-refractivity contribution >= 4 is 0 Å². The summed E-state index contributed by atoms with van der Waals surface area (Å²) in [6.07, 6.45) is 2.42. The molecular weight excluding hydrogens is 226 g/mol. The van der Waals surface area contributed by atoms with E-state index in [9.17, 15) is 5.11 Å². The van der Waals surface area contributed by atoms with Crippen molar-refractivity contribution in [3.63, 3.8) is 0 Å². The lowest BCUT2D eigenvalue weighted by Crippen LogP contribution is -2.26. The Morgan fingerprint density at radius 3 is 2.61 bits per heavy atom. The Morgan fingerprint density at radius 2 is 2.11 bits per heavy atom. The van der Waals surface area contributed by atoms with Crippen LogP contribution in [-0.2, 0) is 0 Å². The Kier molecular flexibility index (Phi) is 4.25. The molecular formula is C15H23NO2. The Bertz CT molecular complexity index is 399. The van der Waals surface area contributed by atoms with Gasteiger partial charge in [0.25, 0.3) is 0 Å². The first kappa shape index (κ1) is 13.4. The quantitative estimate of drug-likeness (QED) is 0.814. The highest BCUT2D eigenvalue weighted by atomic mass is 16.5. The van der Waals surface area contributed by atoms with E-state index in [1.54, 1.807) is 7.11 Å². The number of benzene rings is 1. The molecule has 1 aromatic carbocycles. The van der Waals surface area contributed by atoms with E-state index in [4.69, 9.17) is 4.74 Å². The summed E-state index contributed by atoms with van der Waals surface area (Å²) in [6.45, 7) is 4.45. The number of ether oxygens (including phenoxy) is 1. The summed E-state index contributed by atoms with van der Waals surface area (Å²) in [4.78, 5) is 0. The predicted octanol–water partition coefficient (Wildman–Crippen LogP) is 2.60. The molecule has 0 bridgehead atoms. The van der Waals surface area contributed by atoms with Gasteiger partial charge in [-0.3, -0.25) is 0 Å². The van der Waals surface area contributed by atoms with Crippen LogP contribution in [0.4, 0.5) is 0 Å². The molecule has 2 N–H and O–H groups in total. The van der Waals surface area contributed by atoms with Gasteiger partial charge in [0.15, 0.2) is 0 Å². The third-order valence-electron chi connectivity index (χ3n) is 3.49. The van der Waals surface area contributed by atoms with Crippen molar-refractivity contribution < 1.29 is 9.84 Å². The largest absolute Gasteiger partial charge is 0.496 e. The lowest BCUT2D eigenvalue weighted by molar-refractivity contribution is 0.240. The fourth-order valence-electron chi connectivity index (χ4n) is 2.16. The lowest BCUT2D eigenvalue weighted by atomic mass is 9.97. The number of aliphatic hydroxyl groups excluding tert-OH is 1. The average Bonchev–Trinajstić information content (AvgIpc) is 3.19. The van der Waals surface area contributed by atoms with E-state index in [0.29, 0.717) is 12.0 Å². The maximum absolute atomic E-state index is 9.59. The first-order valence-corrected chi connectivity index (χ1v) is 6.70. The normalized spacial score (nSPS) is 16.9. The van der Waals surface area contributed by atoms with Crippen molar-refractivity contribution in [3.8, 4) is 5.75 Å². The summed E-state index contributed by atoms with van der Waals surface area (Å²) in [5, 5.41) is 13.1. The van der Waals surface area contributed by atoms with Crippen molar-refractivity contribution in [1.82, 2.24) is 5.32 Å². The number of rotatable bonds is 6. The number of hydrogen-bond acceptors (Lipinski definition) is 3. The zero-order chi connectivity index (χ0) is 13.1. The van der Waals surface area contributed by atoms with Crippen molar-refractivity contribution in [2.24, 2.45) is 0 Å². The van der Waals surface area contributed by atoms with E-state index < -0.39 is 0 Å². The number of nitrogens with one attached hydrogen (secondary N) is 1. The monoisotopic (exact) mass is 249 g/mol. The van der Waals surface area contributed by atoms with Crippen LogP contribution in [0.25, 0.3) is 0 Å². The first-order chi connectivity index (χ1) is 8.65. The zero-order valence-corrected chi connectivity index (χ0v) is 11.4. The number of aliphatic hydroxyl groups is 1. The molecule has 0 aliphatic heterocycles. The molecule has 3 heteroatoms. The van der Waals surface area contributed by atoms with E-state index >= 15 is 0 Å². The van der Waals surface area contributed by atoms with Crippen LogP contribution >= 0.6 is 0 Å². The van der Waals surface area contributed by atoms with Gasteiger partial charge in [-0.1, -0.05) is 26.0 Å². The van der Waals surface area contributed by atoms with Gasteiger partial charge >= 0.3 is 0 Å². The Balaban J connectivity index is 2.28. The topological polar surface area (TPSA) is 41.5 Å². The molecule has 3 nitrogen and oxygen atoms in total. The molecule has 0 heterocycles. The van der Waals surface area contributed by atoms with E-state index in [2.05, 4.69) is 31.3 Å². The molecule has 0 spiro atoms. The summed E-state index contributed by atoms with van der Waals surface area (Å²) in [7, 11) is 1.68. The van der Waals surface area contributed by atoms with E-state index in [0.717, 1.165) is 11.3 Å². The van der Waals surface area contributed by atoms with Crippen LogP contribution in [-0.4, -0.2) is 24.9 Å². The maximum atomic E-state index is 9.59. The molecule has 2 rings (SSSR count). The van der Waals surface area contributed by atoms with Crippen LogP contribution in [0.2, 0.25) is 0 Å². The smallest absolute Gasteiger partial charge is 0.123 e. The first-order valence-electron chi connectivity index (χ1n) is 6.70. The van der Waals surface area contributed by atoms with Crippen LogP contribution in [0.1, 0.15) is 49.8 Å². The second-order valence-electron chi connectivity index (χ2n) is 5.33. The van der Waals surface area contributed by atoms with Gasteiger partial charge in [-0.05, 0) is 30.4 Å². The highest BCUT2D eigenvalue weighted by Gasteiger charge is 2.26. The highest BCUT2D eigenvalue weighted by Crippen LogP contribution is 2.31. The second kappa shape index (κ2) is 5.72. The van der Waals surface area contributed by atoms with Gasteiger partial charge < -0.3 is 15.2 Å². The van der Waals surface area contributed by atoms with Crippen LogP contribution in [0.15, 0.2) is 18.2 Å². The Hall–Kier alpha value is -1.06. The zero-order valence-electron chi connectivity index (χ0n) is 11.4. The van der Waals surface area contributed by atoms with Gasteiger partial charge in [0.2, 0.25) is 0 Å².